The monoisotopic (exact) mass is 241 g/mol. The standard InChI is InChI=1S/C15H19N3/c1-3-18-12(2)8-13-4-6-14(7-5-13)15-9-16-11-17-10-15/h4-7,9-12,18H,3,8H2,1-2H3. The molecular formula is C15H19N3. The predicted octanol–water partition coefficient (Wildman–Crippen LogP) is 2.68. The topological polar surface area (TPSA) is 37.8 Å². The van der Waals surface area contributed by atoms with Crippen molar-refractivity contribution < 1.29 is 0 Å². The number of nitrogens with one attached hydrogen (secondary N) is 1. The minimum absolute atomic E-state index is 0.515. The second-order valence-corrected chi connectivity index (χ2v) is 4.49. The fourth-order valence-electron chi connectivity index (χ4n) is 2.06. The van der Waals surface area contributed by atoms with Crippen molar-refractivity contribution in [2.24, 2.45) is 0 Å². The van der Waals surface area contributed by atoms with Gasteiger partial charge in [-0.1, -0.05) is 31.2 Å². The van der Waals surface area contributed by atoms with Crippen molar-refractivity contribution in [2.45, 2.75) is 26.3 Å². The first-order valence-electron chi connectivity index (χ1n) is 6.37. The normalized spacial score (nSPS) is 12.3. The number of aromatic nitrogens is 2. The van der Waals surface area contributed by atoms with Crippen LogP contribution in [0, 0.1) is 0 Å². The highest BCUT2D eigenvalue weighted by molar-refractivity contribution is 5.61. The van der Waals surface area contributed by atoms with Crippen LogP contribution in [0.5, 0.6) is 0 Å². The molecule has 1 atom stereocenters. The molecular weight excluding hydrogens is 222 g/mol. The molecule has 1 aromatic heterocycles. The van der Waals surface area contributed by atoms with Crippen molar-refractivity contribution in [1.82, 2.24) is 15.3 Å². The second-order valence-electron chi connectivity index (χ2n) is 4.49. The summed E-state index contributed by atoms with van der Waals surface area (Å²) in [5.74, 6) is 0. The number of hydrogen-bond acceptors (Lipinski definition) is 3. The van der Waals surface area contributed by atoms with E-state index < -0.39 is 0 Å². The summed E-state index contributed by atoms with van der Waals surface area (Å²) in [6.45, 7) is 5.36. The molecule has 1 aromatic carbocycles. The number of benzene rings is 1. The van der Waals surface area contributed by atoms with Crippen molar-refractivity contribution in [1.29, 1.82) is 0 Å². The average molecular weight is 241 g/mol. The van der Waals surface area contributed by atoms with E-state index in [0.717, 1.165) is 24.1 Å². The summed E-state index contributed by atoms with van der Waals surface area (Å²) in [6.07, 6.45) is 6.28. The quantitative estimate of drug-likeness (QED) is 0.874. The fourth-order valence-corrected chi connectivity index (χ4v) is 2.06. The summed E-state index contributed by atoms with van der Waals surface area (Å²) in [7, 11) is 0. The van der Waals surface area contributed by atoms with E-state index in [2.05, 4.69) is 53.4 Å². The molecule has 0 aliphatic carbocycles. The summed E-state index contributed by atoms with van der Waals surface area (Å²) in [5.41, 5.74) is 3.57. The van der Waals surface area contributed by atoms with Crippen molar-refractivity contribution in [3.63, 3.8) is 0 Å². The SMILES string of the molecule is CCNC(C)Cc1ccc(-c2cncnc2)cc1. The zero-order chi connectivity index (χ0) is 12.8. The van der Waals surface area contributed by atoms with E-state index in [4.69, 9.17) is 0 Å². The summed E-state index contributed by atoms with van der Waals surface area (Å²) in [6, 6.07) is 9.13. The van der Waals surface area contributed by atoms with Gasteiger partial charge in [0.2, 0.25) is 0 Å². The molecule has 0 saturated heterocycles. The van der Waals surface area contributed by atoms with Crippen LogP contribution in [-0.4, -0.2) is 22.6 Å². The largest absolute Gasteiger partial charge is 0.314 e. The van der Waals surface area contributed by atoms with Crippen LogP contribution in [0.4, 0.5) is 0 Å². The van der Waals surface area contributed by atoms with E-state index in [0.29, 0.717) is 6.04 Å². The molecule has 0 aliphatic heterocycles. The molecule has 2 rings (SSSR count). The first-order chi connectivity index (χ1) is 8.79. The average Bonchev–Trinajstić information content (AvgIpc) is 2.41. The third-order valence-corrected chi connectivity index (χ3v) is 2.94. The van der Waals surface area contributed by atoms with E-state index in [9.17, 15) is 0 Å². The van der Waals surface area contributed by atoms with Crippen LogP contribution in [-0.2, 0) is 6.42 Å². The minimum Gasteiger partial charge on any atom is -0.314 e. The lowest BCUT2D eigenvalue weighted by Crippen LogP contribution is -2.27. The Hall–Kier alpha value is -1.74. The molecule has 0 radical (unpaired) electrons. The van der Waals surface area contributed by atoms with Crippen molar-refractivity contribution in [3.05, 3.63) is 48.5 Å². The lowest BCUT2D eigenvalue weighted by Gasteiger charge is -2.12. The van der Waals surface area contributed by atoms with Crippen molar-refractivity contribution in [2.75, 3.05) is 6.54 Å². The van der Waals surface area contributed by atoms with Gasteiger partial charge in [-0.25, -0.2) is 9.97 Å². The van der Waals surface area contributed by atoms with Crippen LogP contribution in [0.1, 0.15) is 19.4 Å². The summed E-state index contributed by atoms with van der Waals surface area (Å²) in [5, 5.41) is 3.42. The molecule has 0 saturated carbocycles. The molecule has 1 heterocycles. The zero-order valence-electron chi connectivity index (χ0n) is 10.9. The van der Waals surface area contributed by atoms with Gasteiger partial charge in [0.25, 0.3) is 0 Å². The maximum Gasteiger partial charge on any atom is 0.115 e. The zero-order valence-corrected chi connectivity index (χ0v) is 10.9. The van der Waals surface area contributed by atoms with Gasteiger partial charge in [-0.05, 0) is 31.0 Å². The smallest absolute Gasteiger partial charge is 0.115 e. The van der Waals surface area contributed by atoms with E-state index in [1.54, 1.807) is 6.33 Å². The molecule has 0 fully saturated rings. The highest BCUT2D eigenvalue weighted by Gasteiger charge is 2.02. The molecule has 1 N–H and O–H groups in total. The van der Waals surface area contributed by atoms with E-state index >= 15 is 0 Å². The number of rotatable bonds is 5. The Kier molecular flexibility index (Phi) is 4.42. The molecule has 0 aliphatic rings. The van der Waals surface area contributed by atoms with E-state index in [1.165, 1.54) is 5.56 Å². The third-order valence-electron chi connectivity index (χ3n) is 2.94. The molecule has 18 heavy (non-hydrogen) atoms. The van der Waals surface area contributed by atoms with Gasteiger partial charge >= 0.3 is 0 Å². The number of hydrogen-bond donors (Lipinski definition) is 1. The van der Waals surface area contributed by atoms with Crippen LogP contribution < -0.4 is 5.32 Å². The van der Waals surface area contributed by atoms with Gasteiger partial charge in [0.05, 0.1) is 0 Å². The Labute approximate surface area is 108 Å². The van der Waals surface area contributed by atoms with Gasteiger partial charge in [-0.15, -0.1) is 0 Å². The fraction of sp³-hybridized carbons (Fsp3) is 0.333. The first kappa shape index (κ1) is 12.7. The van der Waals surface area contributed by atoms with Crippen LogP contribution in [0.25, 0.3) is 11.1 Å². The van der Waals surface area contributed by atoms with Crippen LogP contribution in [0.3, 0.4) is 0 Å². The van der Waals surface area contributed by atoms with Gasteiger partial charge in [-0.3, -0.25) is 0 Å². The summed E-state index contributed by atoms with van der Waals surface area (Å²) < 4.78 is 0. The summed E-state index contributed by atoms with van der Waals surface area (Å²) in [4.78, 5) is 8.07. The van der Waals surface area contributed by atoms with Crippen molar-refractivity contribution >= 4 is 0 Å². The van der Waals surface area contributed by atoms with Gasteiger partial charge in [0, 0.05) is 24.0 Å². The minimum atomic E-state index is 0.515. The Morgan fingerprint density at radius 1 is 1.06 bits per heavy atom. The highest BCUT2D eigenvalue weighted by Crippen LogP contribution is 2.18. The molecule has 3 heteroatoms. The van der Waals surface area contributed by atoms with Gasteiger partial charge < -0.3 is 5.32 Å². The molecule has 3 nitrogen and oxygen atoms in total. The molecule has 1 unspecified atom stereocenters. The third kappa shape index (κ3) is 3.37. The van der Waals surface area contributed by atoms with Gasteiger partial charge in [-0.2, -0.15) is 0 Å². The van der Waals surface area contributed by atoms with Crippen LogP contribution in [0.2, 0.25) is 0 Å². The van der Waals surface area contributed by atoms with Crippen LogP contribution >= 0.6 is 0 Å². The predicted molar refractivity (Wildman–Crippen MR) is 74.3 cm³/mol. The molecule has 0 amide bonds. The Balaban J connectivity index is 2.06. The van der Waals surface area contributed by atoms with Gasteiger partial charge in [0.15, 0.2) is 0 Å². The van der Waals surface area contributed by atoms with E-state index in [1.807, 2.05) is 12.4 Å². The Morgan fingerprint density at radius 2 is 1.72 bits per heavy atom. The first-order valence-corrected chi connectivity index (χ1v) is 6.37. The van der Waals surface area contributed by atoms with Gasteiger partial charge in [0.1, 0.15) is 6.33 Å². The number of nitrogens with zero attached hydrogens (tertiary/aromatic N) is 2. The lowest BCUT2D eigenvalue weighted by atomic mass is 10.0. The summed E-state index contributed by atoms with van der Waals surface area (Å²) >= 11 is 0. The Bertz CT molecular complexity index is 465. The second kappa shape index (κ2) is 6.26. The van der Waals surface area contributed by atoms with Crippen molar-refractivity contribution in [3.8, 4) is 11.1 Å². The van der Waals surface area contributed by atoms with Crippen LogP contribution in [0.15, 0.2) is 43.0 Å². The molecule has 2 aromatic rings. The molecule has 94 valence electrons. The molecule has 0 spiro atoms. The van der Waals surface area contributed by atoms with E-state index in [-0.39, 0.29) is 0 Å². The maximum absolute atomic E-state index is 4.04. The lowest BCUT2D eigenvalue weighted by molar-refractivity contribution is 0.565. The highest BCUT2D eigenvalue weighted by atomic mass is 14.9. The Morgan fingerprint density at radius 3 is 2.33 bits per heavy atom. The maximum atomic E-state index is 4.04. The number of likely N-dealkylation sites (N-methyl/N-ethyl adjacent to an activating group) is 1. The molecule has 0 bridgehead atoms.